The summed E-state index contributed by atoms with van der Waals surface area (Å²) in [6.07, 6.45) is 0. The average Bonchev–Trinajstić information content (AvgIpc) is 2.67. The number of rotatable bonds is 1. The van der Waals surface area contributed by atoms with Crippen molar-refractivity contribution in [2.24, 2.45) is 0 Å². The normalized spacial score (nSPS) is 13.8. The molecule has 0 aliphatic carbocycles. The fourth-order valence-corrected chi connectivity index (χ4v) is 2.60. The molecular formula is C20H18N2O2. The maximum Gasteiger partial charge on any atom is 0.298 e. The summed E-state index contributed by atoms with van der Waals surface area (Å²) in [5.41, 5.74) is 1.50. The van der Waals surface area contributed by atoms with Crippen LogP contribution < -0.4 is 0 Å². The molecule has 0 unspecified atom stereocenters. The van der Waals surface area contributed by atoms with Crippen LogP contribution in [0.15, 0.2) is 60.7 Å². The molecule has 0 bridgehead atoms. The first-order valence-corrected chi connectivity index (χ1v) is 7.94. The first-order chi connectivity index (χ1) is 11.7. The third-order valence-corrected chi connectivity index (χ3v) is 3.96. The van der Waals surface area contributed by atoms with Gasteiger partial charge in [-0.25, -0.2) is 0 Å². The third-order valence-electron chi connectivity index (χ3n) is 3.96. The van der Waals surface area contributed by atoms with E-state index in [1.807, 2.05) is 60.7 Å². The van der Waals surface area contributed by atoms with Gasteiger partial charge in [-0.2, -0.15) is 0 Å². The lowest BCUT2D eigenvalue weighted by Gasteiger charge is -2.33. The summed E-state index contributed by atoms with van der Waals surface area (Å²) in [5, 5.41) is 0. The molecule has 1 fully saturated rings. The van der Waals surface area contributed by atoms with Crippen LogP contribution in [0.1, 0.15) is 15.9 Å². The lowest BCUT2D eigenvalue weighted by atomic mass is 10.2. The molecule has 0 atom stereocenters. The quantitative estimate of drug-likeness (QED) is 0.755. The zero-order chi connectivity index (χ0) is 16.8. The summed E-state index contributed by atoms with van der Waals surface area (Å²) in [7, 11) is 0. The number of piperazine rings is 1. The number of carbonyl (C=O) groups excluding carboxylic acids is 2. The predicted octanol–water partition coefficient (Wildman–Crippen LogP) is 2.02. The van der Waals surface area contributed by atoms with Gasteiger partial charge in [0.2, 0.25) is 0 Å². The van der Waals surface area contributed by atoms with Crippen molar-refractivity contribution in [1.82, 2.24) is 9.80 Å². The van der Waals surface area contributed by atoms with Gasteiger partial charge in [-0.05, 0) is 24.3 Å². The van der Waals surface area contributed by atoms with Gasteiger partial charge in [0.1, 0.15) is 0 Å². The molecule has 4 nitrogen and oxygen atoms in total. The van der Waals surface area contributed by atoms with Gasteiger partial charge < -0.3 is 9.80 Å². The number of nitrogens with zero attached hydrogens (tertiary/aromatic N) is 2. The van der Waals surface area contributed by atoms with Gasteiger partial charge >= 0.3 is 0 Å². The van der Waals surface area contributed by atoms with Crippen LogP contribution in [0, 0.1) is 11.8 Å². The van der Waals surface area contributed by atoms with E-state index in [-0.39, 0.29) is 11.8 Å². The third kappa shape index (κ3) is 3.82. The van der Waals surface area contributed by atoms with E-state index in [2.05, 4.69) is 11.8 Å². The minimum absolute atomic E-state index is 0.0121. The smallest absolute Gasteiger partial charge is 0.298 e. The van der Waals surface area contributed by atoms with Crippen LogP contribution in [0.2, 0.25) is 0 Å². The van der Waals surface area contributed by atoms with E-state index in [1.165, 1.54) is 0 Å². The summed E-state index contributed by atoms with van der Waals surface area (Å²) in [4.78, 5) is 28.0. The van der Waals surface area contributed by atoms with Crippen LogP contribution in [0.5, 0.6) is 0 Å². The van der Waals surface area contributed by atoms with Gasteiger partial charge in [-0.3, -0.25) is 9.59 Å². The molecule has 1 saturated heterocycles. The zero-order valence-electron chi connectivity index (χ0n) is 13.3. The van der Waals surface area contributed by atoms with Crippen molar-refractivity contribution in [1.29, 1.82) is 0 Å². The van der Waals surface area contributed by atoms with Gasteiger partial charge in [-0.1, -0.05) is 42.3 Å². The van der Waals surface area contributed by atoms with Crippen LogP contribution in [0.3, 0.4) is 0 Å². The second kappa shape index (κ2) is 7.47. The molecule has 1 aliphatic rings. The molecule has 120 valence electrons. The zero-order valence-corrected chi connectivity index (χ0v) is 13.3. The maximum atomic E-state index is 12.4. The number of amides is 2. The summed E-state index contributed by atoms with van der Waals surface area (Å²) in [5.74, 6) is 5.38. The number of benzene rings is 2. The van der Waals surface area contributed by atoms with E-state index in [0.29, 0.717) is 31.7 Å². The molecule has 2 amide bonds. The Kier molecular flexibility index (Phi) is 4.93. The molecule has 0 N–H and O–H groups in total. The monoisotopic (exact) mass is 318 g/mol. The Balaban J connectivity index is 1.56. The number of carbonyl (C=O) groups is 2. The molecule has 0 radical (unpaired) electrons. The second-order valence-corrected chi connectivity index (χ2v) is 5.57. The molecule has 1 aliphatic heterocycles. The van der Waals surface area contributed by atoms with Crippen molar-refractivity contribution >= 4 is 11.8 Å². The maximum absolute atomic E-state index is 12.4. The van der Waals surface area contributed by atoms with Crippen molar-refractivity contribution in [2.45, 2.75) is 0 Å². The van der Waals surface area contributed by atoms with Gasteiger partial charge in [-0.15, -0.1) is 0 Å². The minimum Gasteiger partial charge on any atom is -0.335 e. The van der Waals surface area contributed by atoms with E-state index in [9.17, 15) is 9.59 Å². The molecule has 2 aromatic carbocycles. The Bertz CT molecular complexity index is 768. The highest BCUT2D eigenvalue weighted by Crippen LogP contribution is 2.09. The van der Waals surface area contributed by atoms with Crippen molar-refractivity contribution in [3.05, 3.63) is 71.8 Å². The fourth-order valence-electron chi connectivity index (χ4n) is 2.60. The Labute approximate surface area is 141 Å². The van der Waals surface area contributed by atoms with E-state index < -0.39 is 0 Å². The van der Waals surface area contributed by atoms with E-state index in [0.717, 1.165) is 5.56 Å². The molecule has 0 aromatic heterocycles. The van der Waals surface area contributed by atoms with Crippen molar-refractivity contribution < 1.29 is 9.59 Å². The molecular weight excluding hydrogens is 300 g/mol. The second-order valence-electron chi connectivity index (χ2n) is 5.57. The standard InChI is InChI=1S/C20H18N2O2/c23-19(12-11-17-7-3-1-4-8-17)21-13-15-22(16-14-21)20(24)18-9-5-2-6-10-18/h1-10H,13-16H2. The number of hydrogen-bond acceptors (Lipinski definition) is 2. The number of hydrogen-bond donors (Lipinski definition) is 0. The SMILES string of the molecule is O=C(C#Cc1ccccc1)N1CCN(C(=O)c2ccccc2)CC1. The molecule has 1 heterocycles. The predicted molar refractivity (Wildman–Crippen MR) is 92.2 cm³/mol. The van der Waals surface area contributed by atoms with Gasteiger partial charge in [0.25, 0.3) is 11.8 Å². The first-order valence-electron chi connectivity index (χ1n) is 7.94. The van der Waals surface area contributed by atoms with Gasteiger partial charge in [0.15, 0.2) is 0 Å². The van der Waals surface area contributed by atoms with Crippen LogP contribution in [0.25, 0.3) is 0 Å². The summed E-state index contributed by atoms with van der Waals surface area (Å²) in [6.45, 7) is 2.10. The first kappa shape index (κ1) is 15.8. The summed E-state index contributed by atoms with van der Waals surface area (Å²) in [6, 6.07) is 18.7. The van der Waals surface area contributed by atoms with Crippen LogP contribution in [-0.4, -0.2) is 47.8 Å². The minimum atomic E-state index is -0.189. The molecule has 24 heavy (non-hydrogen) atoms. The Morgan fingerprint density at radius 1 is 0.750 bits per heavy atom. The van der Waals surface area contributed by atoms with Crippen molar-refractivity contribution in [3.8, 4) is 11.8 Å². The lowest BCUT2D eigenvalue weighted by Crippen LogP contribution is -2.50. The lowest BCUT2D eigenvalue weighted by molar-refractivity contribution is -0.126. The Hall–Kier alpha value is -3.06. The van der Waals surface area contributed by atoms with Crippen LogP contribution >= 0.6 is 0 Å². The van der Waals surface area contributed by atoms with Crippen molar-refractivity contribution in [2.75, 3.05) is 26.2 Å². The van der Waals surface area contributed by atoms with E-state index >= 15 is 0 Å². The topological polar surface area (TPSA) is 40.6 Å². The molecule has 0 saturated carbocycles. The van der Waals surface area contributed by atoms with Crippen LogP contribution in [0.4, 0.5) is 0 Å². The Morgan fingerprint density at radius 2 is 1.29 bits per heavy atom. The Morgan fingerprint density at radius 3 is 1.92 bits per heavy atom. The average molecular weight is 318 g/mol. The summed E-state index contributed by atoms with van der Waals surface area (Å²) < 4.78 is 0. The van der Waals surface area contributed by atoms with Crippen molar-refractivity contribution in [3.63, 3.8) is 0 Å². The molecule has 4 heteroatoms. The van der Waals surface area contributed by atoms with Gasteiger partial charge in [0.05, 0.1) is 0 Å². The van der Waals surface area contributed by atoms with E-state index in [1.54, 1.807) is 9.80 Å². The van der Waals surface area contributed by atoms with Gasteiger partial charge in [0, 0.05) is 43.2 Å². The molecule has 2 aromatic rings. The highest BCUT2D eigenvalue weighted by Gasteiger charge is 2.23. The van der Waals surface area contributed by atoms with Crippen LogP contribution in [-0.2, 0) is 4.79 Å². The highest BCUT2D eigenvalue weighted by atomic mass is 16.2. The molecule has 0 spiro atoms. The fraction of sp³-hybridized carbons (Fsp3) is 0.200. The largest absolute Gasteiger partial charge is 0.335 e. The highest BCUT2D eigenvalue weighted by molar-refractivity contribution is 5.95. The van der Waals surface area contributed by atoms with E-state index in [4.69, 9.17) is 0 Å². The summed E-state index contributed by atoms with van der Waals surface area (Å²) >= 11 is 0. The molecule has 3 rings (SSSR count).